The molecule has 26 heavy (non-hydrogen) atoms. The third-order valence-electron chi connectivity index (χ3n) is 4.10. The van der Waals surface area contributed by atoms with E-state index in [1.54, 1.807) is 6.92 Å². The number of carbonyl (C=O) groups is 1. The lowest BCUT2D eigenvalue weighted by Gasteiger charge is -2.13. The number of unbranched alkanes of at least 4 members (excludes halogenated alkanes) is 1. The van der Waals surface area contributed by atoms with Crippen LogP contribution in [-0.2, 0) is 22.4 Å². The summed E-state index contributed by atoms with van der Waals surface area (Å²) in [6, 6.07) is 15.5. The molecule has 2 aromatic rings. The smallest absolute Gasteiger partial charge is 0.333 e. The third kappa shape index (κ3) is 6.76. The lowest BCUT2D eigenvalue weighted by molar-refractivity contribution is -0.149. The molecule has 2 aromatic carbocycles. The predicted molar refractivity (Wildman–Crippen MR) is 102 cm³/mol. The van der Waals surface area contributed by atoms with Gasteiger partial charge in [-0.25, -0.2) is 4.79 Å². The quantitative estimate of drug-likeness (QED) is 0.473. The summed E-state index contributed by atoms with van der Waals surface area (Å²) in [5.41, 5.74) is 8.67. The van der Waals surface area contributed by atoms with E-state index in [1.165, 1.54) is 5.56 Å². The van der Waals surface area contributed by atoms with Crippen molar-refractivity contribution in [3.05, 3.63) is 59.7 Å². The molecule has 0 saturated heterocycles. The van der Waals surface area contributed by atoms with E-state index in [9.17, 15) is 4.79 Å². The van der Waals surface area contributed by atoms with Crippen LogP contribution in [0.15, 0.2) is 48.5 Å². The van der Waals surface area contributed by atoms with Gasteiger partial charge in [-0.15, -0.1) is 0 Å². The molecule has 0 aliphatic carbocycles. The van der Waals surface area contributed by atoms with E-state index in [0.29, 0.717) is 19.6 Å². The molecule has 0 aromatic heterocycles. The molecule has 140 valence electrons. The molecule has 0 fully saturated rings. The summed E-state index contributed by atoms with van der Waals surface area (Å²) in [5, 5.41) is 9.13. The van der Waals surface area contributed by atoms with Crippen LogP contribution in [0.4, 0.5) is 5.69 Å². The molecular weight excluding hydrogens is 330 g/mol. The van der Waals surface area contributed by atoms with Crippen molar-refractivity contribution in [2.45, 2.75) is 38.7 Å². The van der Waals surface area contributed by atoms with Crippen LogP contribution >= 0.6 is 0 Å². The highest BCUT2D eigenvalue weighted by atomic mass is 16.5. The second-order valence-corrected chi connectivity index (χ2v) is 6.18. The van der Waals surface area contributed by atoms with E-state index in [1.807, 2.05) is 36.4 Å². The third-order valence-corrected chi connectivity index (χ3v) is 4.10. The van der Waals surface area contributed by atoms with E-state index < -0.39 is 12.1 Å². The maximum atomic E-state index is 11.1. The standard InChI is InChI=1S/C21H27NO4/c1-2-25-20(21(23)24)15-17-8-12-19(13-9-17)26-14-4-3-5-16-6-10-18(22)11-7-16/h6-13,20H,2-5,14-15,22H2,1H3,(H,23,24). The highest BCUT2D eigenvalue weighted by Gasteiger charge is 2.17. The number of ether oxygens (including phenoxy) is 2. The molecule has 0 aliphatic rings. The first kappa shape index (κ1) is 19.8. The first-order chi connectivity index (χ1) is 12.6. The van der Waals surface area contributed by atoms with Crippen LogP contribution in [0.1, 0.15) is 30.9 Å². The number of hydrogen-bond acceptors (Lipinski definition) is 4. The van der Waals surface area contributed by atoms with Crippen molar-refractivity contribution in [1.29, 1.82) is 0 Å². The SMILES string of the molecule is CCOC(Cc1ccc(OCCCCc2ccc(N)cc2)cc1)C(=O)O. The van der Waals surface area contributed by atoms with Gasteiger partial charge in [0, 0.05) is 18.7 Å². The van der Waals surface area contributed by atoms with Crippen LogP contribution in [-0.4, -0.2) is 30.4 Å². The molecule has 0 amide bonds. The molecule has 0 aliphatic heterocycles. The normalized spacial score (nSPS) is 11.9. The van der Waals surface area contributed by atoms with E-state index in [-0.39, 0.29) is 0 Å². The first-order valence-electron chi connectivity index (χ1n) is 8.99. The number of hydrogen-bond donors (Lipinski definition) is 2. The molecule has 1 unspecified atom stereocenters. The molecule has 3 N–H and O–H groups in total. The molecule has 0 saturated carbocycles. The number of nitrogen functional groups attached to an aromatic ring is 1. The van der Waals surface area contributed by atoms with Crippen molar-refractivity contribution in [3.8, 4) is 5.75 Å². The van der Waals surface area contributed by atoms with E-state index >= 15 is 0 Å². The maximum absolute atomic E-state index is 11.1. The van der Waals surface area contributed by atoms with Crippen LogP contribution < -0.4 is 10.5 Å². The number of rotatable bonds is 11. The second kappa shape index (κ2) is 10.5. The van der Waals surface area contributed by atoms with Crippen LogP contribution in [0.5, 0.6) is 5.75 Å². The summed E-state index contributed by atoms with van der Waals surface area (Å²) < 4.78 is 11.0. The van der Waals surface area contributed by atoms with Crippen LogP contribution in [0, 0.1) is 0 Å². The summed E-state index contributed by atoms with van der Waals surface area (Å²) in [6.45, 7) is 2.83. The lowest BCUT2D eigenvalue weighted by Crippen LogP contribution is -2.26. The van der Waals surface area contributed by atoms with Gasteiger partial charge in [0.25, 0.3) is 0 Å². The number of anilines is 1. The molecule has 0 heterocycles. The van der Waals surface area contributed by atoms with Crippen molar-refractivity contribution in [3.63, 3.8) is 0 Å². The number of benzene rings is 2. The Kier molecular flexibility index (Phi) is 7.96. The van der Waals surface area contributed by atoms with Crippen molar-refractivity contribution in [2.75, 3.05) is 18.9 Å². The van der Waals surface area contributed by atoms with Gasteiger partial charge in [0.1, 0.15) is 5.75 Å². The molecule has 0 spiro atoms. The van der Waals surface area contributed by atoms with Crippen molar-refractivity contribution in [1.82, 2.24) is 0 Å². The van der Waals surface area contributed by atoms with Gasteiger partial charge < -0.3 is 20.3 Å². The van der Waals surface area contributed by atoms with Gasteiger partial charge >= 0.3 is 5.97 Å². The summed E-state index contributed by atoms with van der Waals surface area (Å²) >= 11 is 0. The lowest BCUT2D eigenvalue weighted by atomic mass is 10.1. The molecule has 1 atom stereocenters. The minimum atomic E-state index is -0.937. The highest BCUT2D eigenvalue weighted by Crippen LogP contribution is 2.15. The minimum absolute atomic E-state index is 0.352. The Bertz CT molecular complexity index is 667. The Hall–Kier alpha value is -2.53. The van der Waals surface area contributed by atoms with E-state index in [2.05, 4.69) is 12.1 Å². The van der Waals surface area contributed by atoms with Crippen molar-refractivity contribution < 1.29 is 19.4 Å². The second-order valence-electron chi connectivity index (χ2n) is 6.18. The molecule has 5 nitrogen and oxygen atoms in total. The molecule has 2 rings (SSSR count). The molecular formula is C21H27NO4. The number of aryl methyl sites for hydroxylation is 1. The Morgan fingerprint density at radius 2 is 1.69 bits per heavy atom. The van der Waals surface area contributed by atoms with Crippen molar-refractivity contribution in [2.24, 2.45) is 0 Å². The number of nitrogens with two attached hydrogens (primary N) is 1. The highest BCUT2D eigenvalue weighted by molar-refractivity contribution is 5.72. The van der Waals surface area contributed by atoms with Crippen LogP contribution in [0.2, 0.25) is 0 Å². The Morgan fingerprint density at radius 3 is 2.31 bits per heavy atom. The van der Waals surface area contributed by atoms with Gasteiger partial charge in [-0.3, -0.25) is 0 Å². The van der Waals surface area contributed by atoms with Gasteiger partial charge in [0.15, 0.2) is 6.10 Å². The fourth-order valence-corrected chi connectivity index (χ4v) is 2.66. The maximum Gasteiger partial charge on any atom is 0.333 e. The fourth-order valence-electron chi connectivity index (χ4n) is 2.66. The summed E-state index contributed by atoms with van der Waals surface area (Å²) in [4.78, 5) is 11.1. The van der Waals surface area contributed by atoms with Gasteiger partial charge in [-0.2, -0.15) is 0 Å². The van der Waals surface area contributed by atoms with Gasteiger partial charge in [0.2, 0.25) is 0 Å². The average Bonchev–Trinajstić information content (AvgIpc) is 2.64. The predicted octanol–water partition coefficient (Wildman–Crippen LogP) is 3.70. The summed E-state index contributed by atoms with van der Waals surface area (Å²) in [7, 11) is 0. The van der Waals surface area contributed by atoms with Gasteiger partial charge in [0.05, 0.1) is 6.61 Å². The largest absolute Gasteiger partial charge is 0.494 e. The molecule has 0 radical (unpaired) electrons. The van der Waals surface area contributed by atoms with Crippen LogP contribution in [0.3, 0.4) is 0 Å². The monoisotopic (exact) mass is 357 g/mol. The average molecular weight is 357 g/mol. The van der Waals surface area contributed by atoms with E-state index in [0.717, 1.165) is 36.3 Å². The summed E-state index contributed by atoms with van der Waals surface area (Å²) in [6.07, 6.45) is 2.58. The molecule has 0 bridgehead atoms. The Morgan fingerprint density at radius 1 is 1.04 bits per heavy atom. The zero-order valence-electron chi connectivity index (χ0n) is 15.2. The zero-order valence-corrected chi connectivity index (χ0v) is 15.2. The van der Waals surface area contributed by atoms with Gasteiger partial charge in [-0.05, 0) is 61.6 Å². The zero-order chi connectivity index (χ0) is 18.8. The fraction of sp³-hybridized carbons (Fsp3) is 0.381. The van der Waals surface area contributed by atoms with E-state index in [4.69, 9.17) is 20.3 Å². The van der Waals surface area contributed by atoms with Crippen LogP contribution in [0.25, 0.3) is 0 Å². The minimum Gasteiger partial charge on any atom is -0.494 e. The summed E-state index contributed by atoms with van der Waals surface area (Å²) in [5.74, 6) is -0.141. The Labute approximate surface area is 154 Å². The number of carboxylic acids is 1. The number of carboxylic acid groups (broad SMARTS) is 1. The number of aliphatic carboxylic acids is 1. The molecule has 5 heteroatoms. The topological polar surface area (TPSA) is 81.8 Å². The first-order valence-corrected chi connectivity index (χ1v) is 8.99. The van der Waals surface area contributed by atoms with Crippen molar-refractivity contribution >= 4 is 11.7 Å². The Balaban J connectivity index is 1.70. The van der Waals surface area contributed by atoms with Gasteiger partial charge in [-0.1, -0.05) is 24.3 Å².